The second kappa shape index (κ2) is 8.91. The van der Waals surface area contributed by atoms with Crippen LogP contribution in [0.5, 0.6) is 0 Å². The number of nitrogens with zero attached hydrogens (tertiary/aromatic N) is 2. The Morgan fingerprint density at radius 1 is 0.966 bits per heavy atom. The Morgan fingerprint density at radius 2 is 1.69 bits per heavy atom. The third kappa shape index (κ3) is 5.13. The van der Waals surface area contributed by atoms with Gasteiger partial charge in [-0.15, -0.1) is 0 Å². The lowest BCUT2D eigenvalue weighted by Crippen LogP contribution is -2.51. The zero-order valence-corrected chi connectivity index (χ0v) is 16.9. The summed E-state index contributed by atoms with van der Waals surface area (Å²) in [6.45, 7) is 4.67. The van der Waals surface area contributed by atoms with Crippen LogP contribution in [0.1, 0.15) is 36.8 Å². The van der Waals surface area contributed by atoms with E-state index in [-0.39, 0.29) is 11.2 Å². The molecule has 2 heterocycles. The largest absolute Gasteiger partial charge is 0.338 e. The summed E-state index contributed by atoms with van der Waals surface area (Å²) in [5, 5.41) is 0. The van der Waals surface area contributed by atoms with Crippen molar-refractivity contribution >= 4 is 12.0 Å². The third-order valence-electron chi connectivity index (χ3n) is 6.43. The lowest BCUT2D eigenvalue weighted by Gasteiger charge is -2.47. The molecule has 0 N–H and O–H groups in total. The Labute approximate surface area is 172 Å². The van der Waals surface area contributed by atoms with E-state index in [9.17, 15) is 9.18 Å². The van der Waals surface area contributed by atoms with Gasteiger partial charge in [-0.25, -0.2) is 4.39 Å². The van der Waals surface area contributed by atoms with Gasteiger partial charge in [-0.2, -0.15) is 0 Å². The van der Waals surface area contributed by atoms with Crippen molar-refractivity contribution in [1.29, 1.82) is 0 Å². The standard InChI is InChI=1S/C25H29FN2O/c26-23-10-8-21(9-11-23)7-4-16-27-17-14-25(15-18-27)13-12-24(29)28(20-25)19-22-5-2-1-3-6-22/h1-11H,12-20H2. The molecule has 0 radical (unpaired) electrons. The molecule has 0 bridgehead atoms. The summed E-state index contributed by atoms with van der Waals surface area (Å²) in [6.07, 6.45) is 8.22. The summed E-state index contributed by atoms with van der Waals surface area (Å²) < 4.78 is 13.0. The normalized spacial score (nSPS) is 19.9. The minimum atomic E-state index is -0.198. The van der Waals surface area contributed by atoms with E-state index < -0.39 is 0 Å². The predicted molar refractivity (Wildman–Crippen MR) is 115 cm³/mol. The molecule has 3 nitrogen and oxygen atoms in total. The first kappa shape index (κ1) is 19.8. The minimum absolute atomic E-state index is 0.198. The average Bonchev–Trinajstić information content (AvgIpc) is 2.75. The summed E-state index contributed by atoms with van der Waals surface area (Å²) in [6, 6.07) is 16.9. The van der Waals surface area contributed by atoms with Crippen LogP contribution in [0.25, 0.3) is 6.08 Å². The van der Waals surface area contributed by atoms with Crippen LogP contribution in [-0.2, 0) is 11.3 Å². The topological polar surface area (TPSA) is 23.6 Å². The molecule has 0 aromatic heterocycles. The zero-order valence-electron chi connectivity index (χ0n) is 16.9. The highest BCUT2D eigenvalue weighted by Gasteiger charge is 2.40. The first-order valence-electron chi connectivity index (χ1n) is 10.6. The number of carbonyl (C=O) groups is 1. The van der Waals surface area contributed by atoms with Crippen molar-refractivity contribution < 1.29 is 9.18 Å². The van der Waals surface area contributed by atoms with Crippen molar-refractivity contribution in [3.8, 4) is 0 Å². The van der Waals surface area contributed by atoms with Gasteiger partial charge in [0.1, 0.15) is 5.82 Å². The molecule has 1 amide bonds. The maximum Gasteiger partial charge on any atom is 0.222 e. The Balaban J connectivity index is 1.29. The van der Waals surface area contributed by atoms with E-state index in [0.717, 1.165) is 57.5 Å². The number of hydrogen-bond acceptors (Lipinski definition) is 2. The van der Waals surface area contributed by atoms with E-state index in [1.54, 1.807) is 12.1 Å². The lowest BCUT2D eigenvalue weighted by molar-refractivity contribution is -0.139. The van der Waals surface area contributed by atoms with Crippen LogP contribution in [-0.4, -0.2) is 41.9 Å². The van der Waals surface area contributed by atoms with E-state index in [4.69, 9.17) is 0 Å². The predicted octanol–water partition coefficient (Wildman–Crippen LogP) is 4.74. The fourth-order valence-electron chi connectivity index (χ4n) is 4.58. The number of halogens is 1. The van der Waals surface area contributed by atoms with Crippen molar-refractivity contribution in [2.24, 2.45) is 5.41 Å². The van der Waals surface area contributed by atoms with Crippen LogP contribution in [0.3, 0.4) is 0 Å². The highest BCUT2D eigenvalue weighted by molar-refractivity contribution is 5.77. The molecule has 152 valence electrons. The molecule has 2 aromatic rings. The zero-order chi connectivity index (χ0) is 20.1. The van der Waals surface area contributed by atoms with Gasteiger partial charge in [-0.05, 0) is 61.0 Å². The first-order valence-corrected chi connectivity index (χ1v) is 10.6. The number of piperidine rings is 2. The smallest absolute Gasteiger partial charge is 0.222 e. The molecule has 0 saturated carbocycles. The maximum absolute atomic E-state index is 13.0. The second-order valence-corrected chi connectivity index (χ2v) is 8.49. The van der Waals surface area contributed by atoms with E-state index in [1.807, 2.05) is 18.2 Å². The number of rotatable bonds is 5. The second-order valence-electron chi connectivity index (χ2n) is 8.49. The lowest BCUT2D eigenvalue weighted by atomic mass is 9.72. The monoisotopic (exact) mass is 392 g/mol. The Bertz CT molecular complexity index is 839. The number of amides is 1. The first-order chi connectivity index (χ1) is 14.1. The molecule has 0 unspecified atom stereocenters. The molecule has 2 fully saturated rings. The number of benzene rings is 2. The summed E-state index contributed by atoms with van der Waals surface area (Å²) in [4.78, 5) is 17.0. The van der Waals surface area contributed by atoms with Crippen LogP contribution in [0.4, 0.5) is 4.39 Å². The molecular weight excluding hydrogens is 363 g/mol. The highest BCUT2D eigenvalue weighted by Crippen LogP contribution is 2.40. The van der Waals surface area contributed by atoms with Crippen LogP contribution in [0.15, 0.2) is 60.7 Å². The van der Waals surface area contributed by atoms with Gasteiger partial charge in [0.05, 0.1) is 0 Å². The SMILES string of the molecule is O=C1CCC2(CCN(CC=Cc3ccc(F)cc3)CC2)CN1Cc1ccccc1. The van der Waals surface area contributed by atoms with Crippen LogP contribution < -0.4 is 0 Å². The molecule has 4 heteroatoms. The molecule has 2 saturated heterocycles. The molecule has 4 rings (SSSR count). The van der Waals surface area contributed by atoms with Crippen molar-refractivity contribution in [3.05, 3.63) is 77.6 Å². The Morgan fingerprint density at radius 3 is 2.41 bits per heavy atom. The fraction of sp³-hybridized carbons (Fsp3) is 0.400. The van der Waals surface area contributed by atoms with Gasteiger partial charge in [0.2, 0.25) is 5.91 Å². The molecule has 0 atom stereocenters. The van der Waals surface area contributed by atoms with Crippen molar-refractivity contribution in [1.82, 2.24) is 9.80 Å². The molecule has 2 aliphatic heterocycles. The van der Waals surface area contributed by atoms with Crippen molar-refractivity contribution in [2.45, 2.75) is 32.2 Å². The number of carbonyl (C=O) groups excluding carboxylic acids is 1. The average molecular weight is 393 g/mol. The van der Waals surface area contributed by atoms with Gasteiger partial charge >= 0.3 is 0 Å². The fourth-order valence-corrected chi connectivity index (χ4v) is 4.58. The molecular formula is C25H29FN2O. The molecule has 1 spiro atoms. The maximum atomic E-state index is 13.0. The quantitative estimate of drug-likeness (QED) is 0.734. The van der Waals surface area contributed by atoms with E-state index >= 15 is 0 Å². The van der Waals surface area contributed by atoms with E-state index in [2.05, 4.69) is 34.1 Å². The Kier molecular flexibility index (Phi) is 6.10. The molecule has 2 aliphatic rings. The van der Waals surface area contributed by atoms with Crippen molar-refractivity contribution in [2.75, 3.05) is 26.2 Å². The van der Waals surface area contributed by atoms with Gasteiger partial charge in [-0.3, -0.25) is 9.69 Å². The summed E-state index contributed by atoms with van der Waals surface area (Å²) in [5.74, 6) is 0.0971. The van der Waals surface area contributed by atoms with Gasteiger partial charge in [0.25, 0.3) is 0 Å². The molecule has 29 heavy (non-hydrogen) atoms. The minimum Gasteiger partial charge on any atom is -0.338 e. The van der Waals surface area contributed by atoms with E-state index in [1.165, 1.54) is 17.7 Å². The van der Waals surface area contributed by atoms with Gasteiger partial charge in [0, 0.05) is 26.1 Å². The van der Waals surface area contributed by atoms with Gasteiger partial charge in [-0.1, -0.05) is 54.6 Å². The molecule has 2 aromatic carbocycles. The highest BCUT2D eigenvalue weighted by atomic mass is 19.1. The summed E-state index contributed by atoms with van der Waals surface area (Å²) in [7, 11) is 0. The third-order valence-corrected chi connectivity index (χ3v) is 6.43. The Hall–Kier alpha value is -2.46. The van der Waals surface area contributed by atoms with Crippen LogP contribution in [0.2, 0.25) is 0 Å². The number of hydrogen-bond donors (Lipinski definition) is 0. The van der Waals surface area contributed by atoms with E-state index in [0.29, 0.717) is 12.3 Å². The van der Waals surface area contributed by atoms with Crippen molar-refractivity contribution in [3.63, 3.8) is 0 Å². The summed E-state index contributed by atoms with van der Waals surface area (Å²) in [5.41, 5.74) is 2.52. The summed E-state index contributed by atoms with van der Waals surface area (Å²) >= 11 is 0. The molecule has 0 aliphatic carbocycles. The van der Waals surface area contributed by atoms with Crippen LogP contribution >= 0.6 is 0 Å². The van der Waals surface area contributed by atoms with Crippen LogP contribution in [0, 0.1) is 11.2 Å². The van der Waals surface area contributed by atoms with Gasteiger partial charge in [0.15, 0.2) is 0 Å². The number of likely N-dealkylation sites (tertiary alicyclic amines) is 2. The van der Waals surface area contributed by atoms with Gasteiger partial charge < -0.3 is 4.90 Å².